The van der Waals surface area contributed by atoms with E-state index in [0.717, 1.165) is 5.56 Å². The number of carboxylic acid groups (broad SMARTS) is 1. The number of anilines is 1. The molecular weight excluding hydrogens is 448 g/mol. The Balaban J connectivity index is 1.65. The van der Waals surface area contributed by atoms with Crippen LogP contribution in [0.2, 0.25) is 0 Å². The minimum Gasteiger partial charge on any atom is -0.481 e. The van der Waals surface area contributed by atoms with Crippen molar-refractivity contribution >= 4 is 23.6 Å². The number of benzene rings is 2. The van der Waals surface area contributed by atoms with Gasteiger partial charge < -0.3 is 20.2 Å². The highest BCUT2D eigenvalue weighted by molar-refractivity contribution is 6.03. The summed E-state index contributed by atoms with van der Waals surface area (Å²) in [6, 6.07) is 20.2. The number of aryl methyl sites for hydroxylation is 2. The first-order valence-electron chi connectivity index (χ1n) is 10.9. The maximum Gasteiger partial charge on any atom is 0.305 e. The SMILES string of the molecule is Cc1ccc(C(=O)Nc2cc(C(=O)NC(CC(=O)O)c3ccccc3C)nn2-c2ccccc2)o1. The Morgan fingerprint density at radius 2 is 1.69 bits per heavy atom. The van der Waals surface area contributed by atoms with Gasteiger partial charge in [-0.3, -0.25) is 14.4 Å². The number of hydrogen-bond donors (Lipinski definition) is 3. The van der Waals surface area contributed by atoms with Crippen molar-refractivity contribution in [2.45, 2.75) is 26.3 Å². The lowest BCUT2D eigenvalue weighted by Crippen LogP contribution is -2.31. The molecule has 0 aliphatic heterocycles. The third kappa shape index (κ3) is 5.47. The normalized spacial score (nSPS) is 11.6. The minimum absolute atomic E-state index is 0.0174. The molecule has 0 bridgehead atoms. The number of para-hydroxylation sites is 1. The van der Waals surface area contributed by atoms with E-state index in [4.69, 9.17) is 4.42 Å². The smallest absolute Gasteiger partial charge is 0.305 e. The van der Waals surface area contributed by atoms with Gasteiger partial charge in [-0.15, -0.1) is 0 Å². The first-order valence-corrected chi connectivity index (χ1v) is 10.9. The molecule has 0 saturated carbocycles. The van der Waals surface area contributed by atoms with E-state index in [0.29, 0.717) is 17.0 Å². The van der Waals surface area contributed by atoms with Gasteiger partial charge in [0.2, 0.25) is 0 Å². The van der Waals surface area contributed by atoms with E-state index in [1.165, 1.54) is 10.7 Å². The number of nitrogens with zero attached hydrogens (tertiary/aromatic N) is 2. The summed E-state index contributed by atoms with van der Waals surface area (Å²) in [5, 5.41) is 19.3. The molecule has 2 aromatic heterocycles. The number of aromatic nitrogens is 2. The van der Waals surface area contributed by atoms with E-state index in [1.54, 1.807) is 55.5 Å². The fourth-order valence-electron chi connectivity index (χ4n) is 3.70. The Morgan fingerprint density at radius 1 is 0.971 bits per heavy atom. The summed E-state index contributed by atoms with van der Waals surface area (Å²) in [6.07, 6.45) is -0.294. The number of carbonyl (C=O) groups excluding carboxylic acids is 2. The van der Waals surface area contributed by atoms with Crippen LogP contribution in [-0.4, -0.2) is 32.7 Å². The summed E-state index contributed by atoms with van der Waals surface area (Å²) in [7, 11) is 0. The van der Waals surface area contributed by atoms with E-state index in [1.807, 2.05) is 25.1 Å². The average molecular weight is 473 g/mol. The number of carbonyl (C=O) groups is 3. The lowest BCUT2D eigenvalue weighted by Gasteiger charge is -2.18. The van der Waals surface area contributed by atoms with Crippen LogP contribution >= 0.6 is 0 Å². The van der Waals surface area contributed by atoms with E-state index in [2.05, 4.69) is 15.7 Å². The predicted molar refractivity (Wildman–Crippen MR) is 129 cm³/mol. The second kappa shape index (κ2) is 10.1. The molecule has 0 aliphatic rings. The topological polar surface area (TPSA) is 126 Å². The zero-order valence-corrected chi connectivity index (χ0v) is 19.2. The van der Waals surface area contributed by atoms with Gasteiger partial charge in [-0.1, -0.05) is 42.5 Å². The molecule has 3 N–H and O–H groups in total. The third-order valence-corrected chi connectivity index (χ3v) is 5.40. The molecule has 0 radical (unpaired) electrons. The molecule has 0 aliphatic carbocycles. The van der Waals surface area contributed by atoms with Crippen molar-refractivity contribution in [3.8, 4) is 5.69 Å². The molecule has 0 fully saturated rings. The lowest BCUT2D eigenvalue weighted by atomic mass is 9.98. The van der Waals surface area contributed by atoms with Crippen LogP contribution in [0, 0.1) is 13.8 Å². The molecule has 0 saturated heterocycles. The van der Waals surface area contributed by atoms with Crippen LogP contribution < -0.4 is 10.6 Å². The highest BCUT2D eigenvalue weighted by Gasteiger charge is 2.24. The van der Waals surface area contributed by atoms with Gasteiger partial charge in [-0.2, -0.15) is 5.10 Å². The van der Waals surface area contributed by atoms with Gasteiger partial charge in [0.1, 0.15) is 11.6 Å². The number of rotatable bonds is 8. The van der Waals surface area contributed by atoms with Gasteiger partial charge in [0.05, 0.1) is 18.2 Å². The minimum atomic E-state index is -1.05. The van der Waals surface area contributed by atoms with E-state index < -0.39 is 23.8 Å². The molecule has 9 heteroatoms. The number of furan rings is 1. The van der Waals surface area contributed by atoms with Crippen LogP contribution in [0.4, 0.5) is 5.82 Å². The fourth-order valence-corrected chi connectivity index (χ4v) is 3.70. The Bertz CT molecular complexity index is 1370. The Morgan fingerprint density at radius 3 is 2.34 bits per heavy atom. The molecule has 2 heterocycles. The number of nitrogens with one attached hydrogen (secondary N) is 2. The quantitative estimate of drug-likeness (QED) is 0.351. The van der Waals surface area contributed by atoms with Crippen molar-refractivity contribution in [3.05, 3.63) is 101 Å². The maximum absolute atomic E-state index is 13.2. The molecule has 1 atom stereocenters. The van der Waals surface area contributed by atoms with Gasteiger partial charge in [-0.05, 0) is 49.2 Å². The third-order valence-electron chi connectivity index (χ3n) is 5.40. The highest BCUT2D eigenvalue weighted by Crippen LogP contribution is 2.23. The summed E-state index contributed by atoms with van der Waals surface area (Å²) in [4.78, 5) is 37.4. The van der Waals surface area contributed by atoms with Crippen LogP contribution in [0.1, 0.15) is 50.4 Å². The Kier molecular flexibility index (Phi) is 6.77. The van der Waals surface area contributed by atoms with E-state index >= 15 is 0 Å². The standard InChI is InChI=1S/C26H24N4O5/c1-16-8-6-7-11-19(16)20(15-24(31)32)27-25(33)21-14-23(28-26(34)22-13-12-17(2)35-22)30(29-21)18-9-4-3-5-10-18/h3-14,20H,15H2,1-2H3,(H,27,33)(H,28,34)(H,31,32). The summed E-state index contributed by atoms with van der Waals surface area (Å²) in [6.45, 7) is 3.58. The number of aliphatic carboxylic acids is 1. The van der Waals surface area contributed by atoms with Gasteiger partial charge in [0.15, 0.2) is 11.5 Å². The second-order valence-corrected chi connectivity index (χ2v) is 8.01. The summed E-state index contributed by atoms with van der Waals surface area (Å²) in [5.74, 6) is -1.15. The Labute approximate surface area is 201 Å². The zero-order chi connectivity index (χ0) is 24.9. The zero-order valence-electron chi connectivity index (χ0n) is 19.2. The number of hydrogen-bond acceptors (Lipinski definition) is 5. The van der Waals surface area contributed by atoms with Crippen LogP contribution in [0.3, 0.4) is 0 Å². The summed E-state index contributed by atoms with van der Waals surface area (Å²) in [5.41, 5.74) is 2.20. The number of carboxylic acids is 1. The summed E-state index contributed by atoms with van der Waals surface area (Å²) >= 11 is 0. The van der Waals surface area contributed by atoms with Gasteiger partial charge >= 0.3 is 5.97 Å². The largest absolute Gasteiger partial charge is 0.481 e. The number of amides is 2. The van der Waals surface area contributed by atoms with Crippen molar-refractivity contribution in [2.24, 2.45) is 0 Å². The monoisotopic (exact) mass is 472 g/mol. The molecule has 2 amide bonds. The van der Waals surface area contributed by atoms with Crippen molar-refractivity contribution in [3.63, 3.8) is 0 Å². The van der Waals surface area contributed by atoms with Crippen molar-refractivity contribution in [2.75, 3.05) is 5.32 Å². The molecule has 4 aromatic rings. The molecule has 1 unspecified atom stereocenters. The first-order chi connectivity index (χ1) is 16.8. The fraction of sp³-hybridized carbons (Fsp3) is 0.154. The second-order valence-electron chi connectivity index (χ2n) is 8.01. The average Bonchev–Trinajstić information content (AvgIpc) is 3.46. The maximum atomic E-state index is 13.2. The molecule has 4 rings (SSSR count). The van der Waals surface area contributed by atoms with Crippen LogP contribution in [0.25, 0.3) is 5.69 Å². The van der Waals surface area contributed by atoms with Crippen molar-refractivity contribution in [1.82, 2.24) is 15.1 Å². The summed E-state index contributed by atoms with van der Waals surface area (Å²) < 4.78 is 6.82. The van der Waals surface area contributed by atoms with Gasteiger partial charge in [0, 0.05) is 6.07 Å². The van der Waals surface area contributed by atoms with Crippen molar-refractivity contribution in [1.29, 1.82) is 0 Å². The molecular formula is C26H24N4O5. The van der Waals surface area contributed by atoms with Crippen molar-refractivity contribution < 1.29 is 23.9 Å². The molecule has 2 aromatic carbocycles. The highest BCUT2D eigenvalue weighted by atomic mass is 16.4. The van der Waals surface area contributed by atoms with E-state index in [9.17, 15) is 19.5 Å². The van der Waals surface area contributed by atoms with Crippen LogP contribution in [0.15, 0.2) is 77.2 Å². The Hall–Kier alpha value is -4.66. The van der Waals surface area contributed by atoms with Crippen LogP contribution in [0.5, 0.6) is 0 Å². The molecule has 0 spiro atoms. The predicted octanol–water partition coefficient (Wildman–Crippen LogP) is 4.28. The lowest BCUT2D eigenvalue weighted by molar-refractivity contribution is -0.137. The van der Waals surface area contributed by atoms with Gasteiger partial charge in [-0.25, -0.2) is 4.68 Å². The molecule has 178 valence electrons. The molecule has 35 heavy (non-hydrogen) atoms. The van der Waals surface area contributed by atoms with Crippen LogP contribution in [-0.2, 0) is 4.79 Å². The van der Waals surface area contributed by atoms with E-state index in [-0.39, 0.29) is 23.7 Å². The molecule has 9 nitrogen and oxygen atoms in total. The van der Waals surface area contributed by atoms with Gasteiger partial charge in [0.25, 0.3) is 11.8 Å². The first kappa shape index (κ1) is 23.5.